The number of ether oxygens (including phenoxy) is 1. The molecule has 0 aliphatic carbocycles. The molecule has 1 saturated heterocycles. The maximum Gasteiger partial charge on any atom is 0.295 e. The summed E-state index contributed by atoms with van der Waals surface area (Å²) < 4.78 is 30.7. The second kappa shape index (κ2) is 9.11. The van der Waals surface area contributed by atoms with Gasteiger partial charge in [0.2, 0.25) is 10.0 Å². The van der Waals surface area contributed by atoms with Gasteiger partial charge in [0.25, 0.3) is 11.7 Å². The Morgan fingerprint density at radius 2 is 1.78 bits per heavy atom. The summed E-state index contributed by atoms with van der Waals surface area (Å²) in [5, 5.41) is 20.9. The molecule has 0 saturated carbocycles. The Labute approximate surface area is 186 Å². The molecule has 1 aliphatic rings. The molecule has 0 aromatic heterocycles. The summed E-state index contributed by atoms with van der Waals surface area (Å²) in [6.45, 7) is 0.262. The SMILES string of the molecule is COCCN1C(=O)C(=O)/C(=C(/O)c2ccc(S(=O)(=O)N(C)C)cc2)C1c1cccc(O)c1. The van der Waals surface area contributed by atoms with E-state index in [2.05, 4.69) is 0 Å². The predicted molar refractivity (Wildman–Crippen MR) is 116 cm³/mol. The first kappa shape index (κ1) is 23.5. The van der Waals surface area contributed by atoms with Crippen LogP contribution in [0.25, 0.3) is 5.76 Å². The lowest BCUT2D eigenvalue weighted by Gasteiger charge is -2.25. The average Bonchev–Trinajstić information content (AvgIpc) is 3.02. The highest BCUT2D eigenvalue weighted by atomic mass is 32.2. The molecule has 0 bridgehead atoms. The fraction of sp³-hybridized carbons (Fsp3) is 0.273. The molecule has 1 atom stereocenters. The minimum atomic E-state index is -3.67. The minimum Gasteiger partial charge on any atom is -0.508 e. The second-order valence-electron chi connectivity index (χ2n) is 7.39. The van der Waals surface area contributed by atoms with Crippen LogP contribution in [0.2, 0.25) is 0 Å². The molecule has 2 aromatic carbocycles. The highest BCUT2D eigenvalue weighted by Gasteiger charge is 2.46. The molecule has 0 radical (unpaired) electrons. The number of hydrogen-bond donors (Lipinski definition) is 2. The summed E-state index contributed by atoms with van der Waals surface area (Å²) in [7, 11) is 0.596. The van der Waals surface area contributed by atoms with E-state index < -0.39 is 33.5 Å². The minimum absolute atomic E-state index is 0.0177. The molecule has 9 nitrogen and oxygen atoms in total. The predicted octanol–water partition coefficient (Wildman–Crippen LogP) is 1.71. The van der Waals surface area contributed by atoms with Gasteiger partial charge >= 0.3 is 0 Å². The van der Waals surface area contributed by atoms with Crippen molar-refractivity contribution < 1.29 is 33.0 Å². The molecule has 1 heterocycles. The standard InChI is InChI=1S/C22H24N2O7S/c1-23(2)32(29,30)17-9-7-14(8-10-17)20(26)18-19(15-5-4-6-16(25)13-15)24(11-12-31-3)22(28)21(18)27/h4-10,13,19,25-26H,11-12H2,1-3H3/b20-18+. The molecule has 2 N–H and O–H groups in total. The van der Waals surface area contributed by atoms with Gasteiger partial charge in [-0.2, -0.15) is 0 Å². The number of phenolic OH excluding ortho intramolecular Hbond substituents is 1. The third kappa shape index (κ3) is 4.24. The van der Waals surface area contributed by atoms with E-state index in [0.29, 0.717) is 5.56 Å². The lowest BCUT2D eigenvalue weighted by molar-refractivity contribution is -0.140. The number of carbonyl (C=O) groups is 2. The van der Waals surface area contributed by atoms with Crippen LogP contribution in [0.15, 0.2) is 59.0 Å². The molecule has 170 valence electrons. The van der Waals surface area contributed by atoms with E-state index in [4.69, 9.17) is 4.74 Å². The van der Waals surface area contributed by atoms with Crippen molar-refractivity contribution in [2.24, 2.45) is 0 Å². The lowest BCUT2D eigenvalue weighted by Crippen LogP contribution is -2.32. The van der Waals surface area contributed by atoms with Crippen LogP contribution in [0.5, 0.6) is 5.75 Å². The van der Waals surface area contributed by atoms with E-state index in [9.17, 15) is 28.2 Å². The monoisotopic (exact) mass is 460 g/mol. The molecule has 1 amide bonds. The molecule has 3 rings (SSSR count). The number of hydrogen-bond acceptors (Lipinski definition) is 7. The maximum absolute atomic E-state index is 12.9. The fourth-order valence-electron chi connectivity index (χ4n) is 3.49. The smallest absolute Gasteiger partial charge is 0.295 e. The van der Waals surface area contributed by atoms with Crippen LogP contribution >= 0.6 is 0 Å². The van der Waals surface area contributed by atoms with E-state index in [1.54, 1.807) is 12.1 Å². The zero-order valence-electron chi connectivity index (χ0n) is 17.8. The van der Waals surface area contributed by atoms with Gasteiger partial charge in [0, 0.05) is 33.3 Å². The van der Waals surface area contributed by atoms with Gasteiger partial charge < -0.3 is 19.8 Å². The Morgan fingerprint density at radius 3 is 2.34 bits per heavy atom. The second-order valence-corrected chi connectivity index (χ2v) is 9.54. The van der Waals surface area contributed by atoms with Gasteiger partial charge in [0.1, 0.15) is 11.5 Å². The van der Waals surface area contributed by atoms with Crippen molar-refractivity contribution in [2.75, 3.05) is 34.4 Å². The Morgan fingerprint density at radius 1 is 1.12 bits per heavy atom. The van der Waals surface area contributed by atoms with Gasteiger partial charge in [-0.1, -0.05) is 12.1 Å². The van der Waals surface area contributed by atoms with E-state index in [1.807, 2.05) is 0 Å². The number of amides is 1. The maximum atomic E-state index is 12.9. The van der Waals surface area contributed by atoms with Crippen LogP contribution in [0, 0.1) is 0 Å². The number of phenols is 1. The highest BCUT2D eigenvalue weighted by molar-refractivity contribution is 7.89. The first-order valence-corrected chi connectivity index (χ1v) is 11.1. The number of carbonyl (C=O) groups excluding carboxylic acids is 2. The summed E-state index contributed by atoms with van der Waals surface area (Å²) in [5.41, 5.74) is 0.464. The van der Waals surface area contributed by atoms with Crippen molar-refractivity contribution in [3.63, 3.8) is 0 Å². The molecular formula is C22H24N2O7S. The van der Waals surface area contributed by atoms with Crippen LogP contribution in [0.1, 0.15) is 17.2 Å². The van der Waals surface area contributed by atoms with Crippen LogP contribution in [0.3, 0.4) is 0 Å². The Hall–Kier alpha value is -3.21. The molecule has 2 aromatic rings. The number of sulfonamides is 1. The van der Waals surface area contributed by atoms with Gasteiger partial charge in [-0.15, -0.1) is 0 Å². The van der Waals surface area contributed by atoms with Crippen LogP contribution in [-0.4, -0.2) is 73.9 Å². The average molecular weight is 461 g/mol. The lowest BCUT2D eigenvalue weighted by atomic mass is 9.95. The van der Waals surface area contributed by atoms with Crippen LogP contribution in [-0.2, 0) is 24.3 Å². The van der Waals surface area contributed by atoms with Crippen molar-refractivity contribution in [3.8, 4) is 5.75 Å². The van der Waals surface area contributed by atoms with Gasteiger partial charge in [-0.05, 0) is 42.0 Å². The number of ketones is 1. The molecule has 1 aliphatic heterocycles. The number of rotatable bonds is 7. The van der Waals surface area contributed by atoms with Crippen LogP contribution in [0.4, 0.5) is 0 Å². The molecule has 1 unspecified atom stereocenters. The first-order valence-electron chi connectivity index (χ1n) is 9.68. The summed E-state index contributed by atoms with van der Waals surface area (Å²) in [5.74, 6) is -2.18. The summed E-state index contributed by atoms with van der Waals surface area (Å²) in [6.07, 6.45) is 0. The number of benzene rings is 2. The molecule has 32 heavy (non-hydrogen) atoms. The molecule has 10 heteroatoms. The Bertz CT molecular complexity index is 1170. The van der Waals surface area contributed by atoms with Crippen molar-refractivity contribution in [1.29, 1.82) is 0 Å². The first-order chi connectivity index (χ1) is 15.1. The number of Topliss-reactive ketones (excluding diaryl/α,β-unsaturated/α-hetero) is 1. The number of aliphatic hydroxyl groups excluding tert-OH is 1. The van der Waals surface area contributed by atoms with Crippen molar-refractivity contribution in [3.05, 3.63) is 65.2 Å². The van der Waals surface area contributed by atoms with Gasteiger partial charge in [-0.25, -0.2) is 12.7 Å². The highest BCUT2D eigenvalue weighted by Crippen LogP contribution is 2.40. The zero-order chi connectivity index (χ0) is 23.6. The zero-order valence-corrected chi connectivity index (χ0v) is 18.7. The van der Waals surface area contributed by atoms with E-state index in [1.165, 1.54) is 62.5 Å². The van der Waals surface area contributed by atoms with Crippen molar-refractivity contribution >= 4 is 27.5 Å². The van der Waals surface area contributed by atoms with Crippen LogP contribution < -0.4 is 0 Å². The van der Waals surface area contributed by atoms with Gasteiger partial charge in [0.05, 0.1) is 23.1 Å². The van der Waals surface area contributed by atoms with E-state index in [-0.39, 0.29) is 34.9 Å². The number of methoxy groups -OCH3 is 1. The summed E-state index contributed by atoms with van der Waals surface area (Å²) in [4.78, 5) is 26.9. The Balaban J connectivity index is 2.13. The topological polar surface area (TPSA) is 124 Å². The van der Waals surface area contributed by atoms with Crippen molar-refractivity contribution in [2.45, 2.75) is 10.9 Å². The number of aliphatic hydroxyl groups is 1. The molecule has 0 spiro atoms. The van der Waals surface area contributed by atoms with Gasteiger partial charge in [0.15, 0.2) is 0 Å². The number of likely N-dealkylation sites (tertiary alicyclic amines) is 1. The third-order valence-electron chi connectivity index (χ3n) is 5.17. The number of nitrogens with zero attached hydrogens (tertiary/aromatic N) is 2. The quantitative estimate of drug-likeness (QED) is 0.366. The fourth-order valence-corrected chi connectivity index (χ4v) is 4.39. The molecular weight excluding hydrogens is 436 g/mol. The number of aromatic hydroxyl groups is 1. The normalized spacial score (nSPS) is 18.5. The largest absolute Gasteiger partial charge is 0.508 e. The summed E-state index contributed by atoms with van der Waals surface area (Å²) in [6, 6.07) is 10.5. The van der Waals surface area contributed by atoms with E-state index >= 15 is 0 Å². The Kier molecular flexibility index (Phi) is 6.68. The van der Waals surface area contributed by atoms with E-state index in [0.717, 1.165) is 4.31 Å². The summed E-state index contributed by atoms with van der Waals surface area (Å²) >= 11 is 0. The molecule has 1 fully saturated rings. The van der Waals surface area contributed by atoms with Crippen molar-refractivity contribution in [1.82, 2.24) is 9.21 Å². The third-order valence-corrected chi connectivity index (χ3v) is 7.00. The van der Waals surface area contributed by atoms with Gasteiger partial charge in [-0.3, -0.25) is 9.59 Å².